The van der Waals surface area contributed by atoms with Gasteiger partial charge in [0, 0.05) is 24.2 Å². The van der Waals surface area contributed by atoms with Crippen LogP contribution in [-0.2, 0) is 14.8 Å². The van der Waals surface area contributed by atoms with E-state index in [1.54, 1.807) is 18.2 Å². The summed E-state index contributed by atoms with van der Waals surface area (Å²) in [6.45, 7) is 2.26. The number of benzene rings is 2. The molecule has 5 rings (SSSR count). The number of aromatic nitrogens is 2. The van der Waals surface area contributed by atoms with Crippen LogP contribution in [0.3, 0.4) is 0 Å². The van der Waals surface area contributed by atoms with Gasteiger partial charge in [-0.3, -0.25) is 10.1 Å². The van der Waals surface area contributed by atoms with E-state index in [1.807, 2.05) is 0 Å². The van der Waals surface area contributed by atoms with Crippen molar-refractivity contribution < 1.29 is 31.8 Å². The molecule has 1 saturated heterocycles. The summed E-state index contributed by atoms with van der Waals surface area (Å²) in [5.74, 6) is 0.906. The van der Waals surface area contributed by atoms with Crippen molar-refractivity contribution in [2.24, 2.45) is 0 Å². The van der Waals surface area contributed by atoms with E-state index >= 15 is 0 Å². The second-order valence-electron chi connectivity index (χ2n) is 7.27. The molecular formula is C21H20N4O7S. The molecule has 1 N–H and O–H groups in total. The van der Waals surface area contributed by atoms with Gasteiger partial charge < -0.3 is 18.6 Å². The second kappa shape index (κ2) is 8.81. The maximum Gasteiger partial charge on any atom is 0.322 e. The van der Waals surface area contributed by atoms with Gasteiger partial charge >= 0.3 is 6.01 Å². The fourth-order valence-electron chi connectivity index (χ4n) is 3.45. The largest absolute Gasteiger partial charge is 0.486 e. The highest BCUT2D eigenvalue weighted by Crippen LogP contribution is 2.34. The number of hydrogen-bond donors (Lipinski definition) is 1. The van der Waals surface area contributed by atoms with Crippen LogP contribution < -0.4 is 14.8 Å². The number of carbonyl (C=O) groups excluding carboxylic acids is 1. The maximum atomic E-state index is 12.7. The molecule has 1 aromatic heterocycles. The van der Waals surface area contributed by atoms with Crippen molar-refractivity contribution in [3.05, 3.63) is 48.0 Å². The van der Waals surface area contributed by atoms with Crippen molar-refractivity contribution in [1.82, 2.24) is 14.5 Å². The van der Waals surface area contributed by atoms with Gasteiger partial charge in [0.2, 0.25) is 15.9 Å². The number of fused-ring (bicyclic) bond motifs is 1. The number of amides is 1. The zero-order chi connectivity index (χ0) is 22.8. The van der Waals surface area contributed by atoms with Gasteiger partial charge in [0.1, 0.15) is 13.2 Å². The summed E-state index contributed by atoms with van der Waals surface area (Å²) in [7, 11) is -3.64. The number of hydrogen-bond acceptors (Lipinski definition) is 9. The molecule has 0 aliphatic carbocycles. The molecule has 11 nitrogen and oxygen atoms in total. The summed E-state index contributed by atoms with van der Waals surface area (Å²) in [6, 6.07) is 10.8. The lowest BCUT2D eigenvalue weighted by molar-refractivity contribution is 0.0730. The summed E-state index contributed by atoms with van der Waals surface area (Å²) in [5, 5.41) is 10.3. The monoisotopic (exact) mass is 472 g/mol. The fourth-order valence-corrected chi connectivity index (χ4v) is 4.86. The molecule has 1 fully saturated rings. The Kier molecular flexibility index (Phi) is 5.70. The van der Waals surface area contributed by atoms with E-state index in [1.165, 1.54) is 28.6 Å². The van der Waals surface area contributed by atoms with E-state index in [-0.39, 0.29) is 22.4 Å². The molecule has 2 aliphatic heterocycles. The normalized spacial score (nSPS) is 16.4. The first kappa shape index (κ1) is 21.4. The van der Waals surface area contributed by atoms with Crippen molar-refractivity contribution in [3.8, 4) is 23.0 Å². The average Bonchev–Trinajstić information content (AvgIpc) is 3.33. The Morgan fingerprint density at radius 1 is 0.909 bits per heavy atom. The zero-order valence-corrected chi connectivity index (χ0v) is 18.2. The van der Waals surface area contributed by atoms with E-state index in [0.29, 0.717) is 56.6 Å². The summed E-state index contributed by atoms with van der Waals surface area (Å²) in [6.07, 6.45) is 0. The third-order valence-corrected chi connectivity index (χ3v) is 7.07. The molecule has 0 atom stereocenters. The molecule has 0 saturated carbocycles. The third kappa shape index (κ3) is 4.40. The van der Waals surface area contributed by atoms with Crippen molar-refractivity contribution >= 4 is 21.9 Å². The Labute approximate surface area is 189 Å². The minimum atomic E-state index is -3.64. The number of ether oxygens (including phenoxy) is 3. The Hall–Kier alpha value is -3.48. The van der Waals surface area contributed by atoms with Crippen LogP contribution in [0.4, 0.5) is 6.01 Å². The average molecular weight is 472 g/mol. The van der Waals surface area contributed by atoms with E-state index in [4.69, 9.17) is 18.6 Å². The van der Waals surface area contributed by atoms with Crippen LogP contribution in [-0.4, -0.2) is 68.3 Å². The van der Waals surface area contributed by atoms with Crippen LogP contribution in [0.1, 0.15) is 10.4 Å². The molecular weight excluding hydrogens is 452 g/mol. The predicted molar refractivity (Wildman–Crippen MR) is 115 cm³/mol. The summed E-state index contributed by atoms with van der Waals surface area (Å²) in [4.78, 5) is 12.7. The van der Waals surface area contributed by atoms with Gasteiger partial charge in [0.15, 0.2) is 11.5 Å². The zero-order valence-electron chi connectivity index (χ0n) is 17.4. The molecule has 2 aliphatic rings. The molecule has 2 aromatic carbocycles. The van der Waals surface area contributed by atoms with E-state index < -0.39 is 15.9 Å². The number of nitrogens with zero attached hydrogens (tertiary/aromatic N) is 3. The smallest absolute Gasteiger partial charge is 0.322 e. The topological polar surface area (TPSA) is 133 Å². The minimum absolute atomic E-state index is 0.0881. The highest BCUT2D eigenvalue weighted by atomic mass is 32.2. The van der Waals surface area contributed by atoms with Gasteiger partial charge in [0.25, 0.3) is 5.91 Å². The first-order chi connectivity index (χ1) is 16.0. The molecule has 3 heterocycles. The van der Waals surface area contributed by atoms with E-state index in [2.05, 4.69) is 15.5 Å². The summed E-state index contributed by atoms with van der Waals surface area (Å²) in [5.41, 5.74) is 0.861. The molecule has 3 aromatic rings. The van der Waals surface area contributed by atoms with Crippen LogP contribution in [0, 0.1) is 0 Å². The maximum absolute atomic E-state index is 12.7. The molecule has 12 heteroatoms. The van der Waals surface area contributed by atoms with Crippen LogP contribution in [0.25, 0.3) is 11.5 Å². The van der Waals surface area contributed by atoms with Crippen LogP contribution in [0.5, 0.6) is 11.5 Å². The predicted octanol–water partition coefficient (Wildman–Crippen LogP) is 1.78. The van der Waals surface area contributed by atoms with Crippen molar-refractivity contribution in [2.75, 3.05) is 44.8 Å². The highest BCUT2D eigenvalue weighted by Gasteiger charge is 2.26. The molecule has 0 spiro atoms. The molecule has 0 radical (unpaired) electrons. The number of carbonyl (C=O) groups is 1. The second-order valence-corrected chi connectivity index (χ2v) is 9.20. The lowest BCUT2D eigenvalue weighted by Crippen LogP contribution is -2.40. The van der Waals surface area contributed by atoms with Gasteiger partial charge in [-0.15, -0.1) is 5.10 Å². The van der Waals surface area contributed by atoms with Gasteiger partial charge in [-0.25, -0.2) is 8.42 Å². The first-order valence-corrected chi connectivity index (χ1v) is 11.7. The Bertz CT molecular complexity index is 1270. The number of anilines is 1. The molecule has 0 bridgehead atoms. The van der Waals surface area contributed by atoms with Crippen molar-refractivity contribution in [2.45, 2.75) is 4.90 Å². The number of nitrogens with one attached hydrogen (secondary N) is 1. The van der Waals surface area contributed by atoms with Gasteiger partial charge in [-0.2, -0.15) is 4.31 Å². The van der Waals surface area contributed by atoms with Crippen LogP contribution in [0.15, 0.2) is 51.8 Å². The van der Waals surface area contributed by atoms with Gasteiger partial charge in [-0.05, 0) is 42.5 Å². The lowest BCUT2D eigenvalue weighted by Gasteiger charge is -2.26. The Balaban J connectivity index is 1.27. The van der Waals surface area contributed by atoms with Crippen LogP contribution in [0.2, 0.25) is 0 Å². The number of morpholine rings is 1. The Morgan fingerprint density at radius 3 is 2.39 bits per heavy atom. The Morgan fingerprint density at radius 2 is 1.64 bits per heavy atom. The highest BCUT2D eigenvalue weighted by molar-refractivity contribution is 7.89. The third-order valence-electron chi connectivity index (χ3n) is 5.16. The quantitative estimate of drug-likeness (QED) is 0.590. The molecule has 33 heavy (non-hydrogen) atoms. The summed E-state index contributed by atoms with van der Waals surface area (Å²) >= 11 is 0. The van der Waals surface area contributed by atoms with Crippen molar-refractivity contribution in [1.29, 1.82) is 0 Å². The number of rotatable bonds is 5. The lowest BCUT2D eigenvalue weighted by atomic mass is 10.2. The van der Waals surface area contributed by atoms with E-state index in [9.17, 15) is 13.2 Å². The van der Waals surface area contributed by atoms with Crippen molar-refractivity contribution in [3.63, 3.8) is 0 Å². The SMILES string of the molecule is O=C(Nc1nnc(-c2ccc3c(c2)OCCO3)o1)c1ccc(S(=O)(=O)N2CCOCC2)cc1. The summed E-state index contributed by atoms with van der Waals surface area (Å²) < 4.78 is 48.6. The molecule has 172 valence electrons. The van der Waals surface area contributed by atoms with Gasteiger partial charge in [0.05, 0.1) is 18.1 Å². The van der Waals surface area contributed by atoms with Crippen LogP contribution >= 0.6 is 0 Å². The fraction of sp³-hybridized carbons (Fsp3) is 0.286. The molecule has 0 unspecified atom stereocenters. The first-order valence-electron chi connectivity index (χ1n) is 10.2. The minimum Gasteiger partial charge on any atom is -0.486 e. The standard InChI is InChI=1S/C21H20N4O7S/c26-19(14-1-4-16(5-2-14)33(27,28)25-7-9-29-10-8-25)22-21-24-23-20(32-21)15-3-6-17-18(13-15)31-12-11-30-17/h1-6,13H,7-12H2,(H,22,24,26). The van der Waals surface area contributed by atoms with E-state index in [0.717, 1.165) is 0 Å². The van der Waals surface area contributed by atoms with Gasteiger partial charge in [-0.1, -0.05) is 5.10 Å². The molecule has 1 amide bonds. The number of sulfonamides is 1.